The van der Waals surface area contributed by atoms with Crippen LogP contribution in [0.15, 0.2) is 60.8 Å². The minimum absolute atomic E-state index is 0.479. The zero-order valence-electron chi connectivity index (χ0n) is 8.11. The quantitative estimate of drug-likeness (QED) is 0.545. The van der Waals surface area contributed by atoms with Crippen LogP contribution in [0.1, 0.15) is 5.56 Å². The molecule has 1 rings (SSSR count). The molecule has 0 aliphatic carbocycles. The van der Waals surface area contributed by atoms with Gasteiger partial charge in [0.15, 0.2) is 0 Å². The van der Waals surface area contributed by atoms with Crippen molar-refractivity contribution in [3.63, 3.8) is 0 Å². The fraction of sp³-hybridized carbons (Fsp3) is 0. The molecule has 0 N–H and O–H groups in total. The second-order valence-corrected chi connectivity index (χ2v) is 2.78. The largest absolute Gasteiger partial charge is 0.259 e. The Kier molecular flexibility index (Phi) is 4.60. The smallest absolute Gasteiger partial charge is 0.235 e. The molecule has 3 heteroatoms. The SMILES string of the molecule is O=[N+]([O-])/C=C/c1ccccccccc1. The topological polar surface area (TPSA) is 43.1 Å². The van der Waals surface area contributed by atoms with Gasteiger partial charge >= 0.3 is 0 Å². The van der Waals surface area contributed by atoms with Gasteiger partial charge in [-0.25, -0.2) is 0 Å². The molecule has 3 nitrogen and oxygen atoms in total. The monoisotopic (exact) mass is 201 g/mol. The van der Waals surface area contributed by atoms with Gasteiger partial charge in [-0.15, -0.1) is 0 Å². The highest BCUT2D eigenvalue weighted by Crippen LogP contribution is 1.98. The molecule has 0 unspecified atom stereocenters. The van der Waals surface area contributed by atoms with E-state index in [1.54, 1.807) is 12.1 Å². The van der Waals surface area contributed by atoms with Crippen LogP contribution in [0, 0.1) is 10.1 Å². The highest BCUT2D eigenvalue weighted by atomic mass is 16.6. The van der Waals surface area contributed by atoms with E-state index in [-0.39, 0.29) is 0 Å². The number of nitro groups is 1. The summed E-state index contributed by atoms with van der Waals surface area (Å²) in [6.07, 6.45) is 2.38. The average molecular weight is 201 g/mol. The molecular formula is C12H11NO2. The average Bonchev–Trinajstić information content (AvgIpc) is 2.23. The number of hydrogen-bond donors (Lipinski definition) is 0. The van der Waals surface area contributed by atoms with Gasteiger partial charge in [-0.05, 0) is 5.56 Å². The second-order valence-electron chi connectivity index (χ2n) is 2.78. The fourth-order valence-electron chi connectivity index (χ4n) is 0.968. The van der Waals surface area contributed by atoms with Crippen molar-refractivity contribution in [2.24, 2.45) is 0 Å². The van der Waals surface area contributed by atoms with Gasteiger partial charge in [0.25, 0.3) is 0 Å². The Morgan fingerprint density at radius 3 is 1.87 bits per heavy atom. The summed E-state index contributed by atoms with van der Waals surface area (Å²) in [5, 5.41) is 10.1. The van der Waals surface area contributed by atoms with Crippen molar-refractivity contribution in [3.05, 3.63) is 76.5 Å². The number of rotatable bonds is 2. The first-order chi connectivity index (χ1) is 7.29. The van der Waals surface area contributed by atoms with Crippen LogP contribution in [-0.4, -0.2) is 4.92 Å². The van der Waals surface area contributed by atoms with Crippen LogP contribution in [0.2, 0.25) is 0 Å². The molecule has 0 aliphatic rings. The standard InChI is InChI=1S/C12H11NO2/c14-13(15)11-10-12-8-6-4-2-1-3-5-7-9-12/h1-11H/b2-1?,3-1?,4-2?,5-3?,6-4?,7-5?,8-6?,9-7?,11-10+,12-8?,12-9?. The van der Waals surface area contributed by atoms with Gasteiger partial charge in [-0.3, -0.25) is 10.1 Å². The van der Waals surface area contributed by atoms with Gasteiger partial charge in [-0.2, -0.15) is 0 Å². The Morgan fingerprint density at radius 2 is 1.40 bits per heavy atom. The van der Waals surface area contributed by atoms with Gasteiger partial charge in [0.2, 0.25) is 6.20 Å². The van der Waals surface area contributed by atoms with Crippen molar-refractivity contribution < 1.29 is 4.92 Å². The summed E-state index contributed by atoms with van der Waals surface area (Å²) in [5.41, 5.74) is 0.780. The number of nitrogens with zero attached hydrogens (tertiary/aromatic N) is 1. The Hall–Kier alpha value is -2.16. The van der Waals surface area contributed by atoms with E-state index in [1.807, 2.05) is 42.5 Å². The molecular weight excluding hydrogens is 190 g/mol. The summed E-state index contributed by atoms with van der Waals surface area (Å²) in [5.74, 6) is 0. The van der Waals surface area contributed by atoms with E-state index < -0.39 is 4.92 Å². The molecule has 0 saturated carbocycles. The van der Waals surface area contributed by atoms with Crippen LogP contribution in [0.5, 0.6) is 0 Å². The summed E-state index contributed by atoms with van der Waals surface area (Å²) in [7, 11) is 0. The summed E-state index contributed by atoms with van der Waals surface area (Å²) in [6, 6.07) is 16.7. The molecule has 1 aromatic carbocycles. The lowest BCUT2D eigenvalue weighted by Gasteiger charge is -1.84. The third-order valence-corrected chi connectivity index (χ3v) is 1.63. The Morgan fingerprint density at radius 1 is 0.933 bits per heavy atom. The van der Waals surface area contributed by atoms with Crippen LogP contribution in [-0.2, 0) is 0 Å². The fourth-order valence-corrected chi connectivity index (χ4v) is 0.968. The van der Waals surface area contributed by atoms with Crippen LogP contribution in [0.4, 0.5) is 0 Å². The first-order valence-corrected chi connectivity index (χ1v) is 4.49. The molecule has 0 amide bonds. The molecule has 76 valence electrons. The zero-order valence-corrected chi connectivity index (χ0v) is 8.11. The zero-order chi connectivity index (χ0) is 10.9. The highest BCUT2D eigenvalue weighted by molar-refractivity contribution is 5.46. The van der Waals surface area contributed by atoms with Crippen LogP contribution in [0.3, 0.4) is 0 Å². The van der Waals surface area contributed by atoms with Crippen LogP contribution in [0.25, 0.3) is 6.08 Å². The van der Waals surface area contributed by atoms with E-state index in [9.17, 15) is 10.1 Å². The van der Waals surface area contributed by atoms with Crippen molar-refractivity contribution in [1.82, 2.24) is 0 Å². The second kappa shape index (κ2) is 6.32. The minimum atomic E-state index is -0.479. The van der Waals surface area contributed by atoms with E-state index in [1.165, 1.54) is 6.08 Å². The molecule has 0 atom stereocenters. The van der Waals surface area contributed by atoms with E-state index in [0.717, 1.165) is 11.8 Å². The Labute approximate surface area is 88.2 Å². The van der Waals surface area contributed by atoms with Crippen molar-refractivity contribution in [2.45, 2.75) is 0 Å². The molecule has 0 bridgehead atoms. The predicted molar refractivity (Wildman–Crippen MR) is 60.1 cm³/mol. The summed E-state index contributed by atoms with van der Waals surface area (Å²) in [6.45, 7) is 0. The number of hydrogen-bond acceptors (Lipinski definition) is 2. The van der Waals surface area contributed by atoms with Gasteiger partial charge in [0, 0.05) is 6.08 Å². The maximum Gasteiger partial charge on any atom is 0.235 e. The van der Waals surface area contributed by atoms with Crippen molar-refractivity contribution in [1.29, 1.82) is 0 Å². The summed E-state index contributed by atoms with van der Waals surface area (Å²) in [4.78, 5) is 9.66. The molecule has 0 spiro atoms. The van der Waals surface area contributed by atoms with E-state index >= 15 is 0 Å². The molecule has 0 saturated heterocycles. The third kappa shape index (κ3) is 5.21. The van der Waals surface area contributed by atoms with E-state index in [2.05, 4.69) is 0 Å². The Balaban J connectivity index is 3.03. The lowest BCUT2D eigenvalue weighted by molar-refractivity contribution is -0.400. The Bertz CT molecular complexity index is 387. The van der Waals surface area contributed by atoms with Gasteiger partial charge < -0.3 is 0 Å². The lowest BCUT2D eigenvalue weighted by Crippen LogP contribution is -1.81. The third-order valence-electron chi connectivity index (χ3n) is 1.63. The van der Waals surface area contributed by atoms with Crippen molar-refractivity contribution >= 4 is 6.08 Å². The van der Waals surface area contributed by atoms with Gasteiger partial charge in [-0.1, -0.05) is 54.6 Å². The lowest BCUT2D eigenvalue weighted by atomic mass is 10.2. The van der Waals surface area contributed by atoms with E-state index in [4.69, 9.17) is 0 Å². The van der Waals surface area contributed by atoms with Crippen LogP contribution < -0.4 is 0 Å². The maximum atomic E-state index is 10.1. The summed E-state index contributed by atoms with van der Waals surface area (Å²) < 4.78 is 0. The predicted octanol–water partition coefficient (Wildman–Crippen LogP) is 3.06. The van der Waals surface area contributed by atoms with Gasteiger partial charge in [0.05, 0.1) is 4.92 Å². The van der Waals surface area contributed by atoms with Gasteiger partial charge in [0.1, 0.15) is 0 Å². The summed E-state index contributed by atoms with van der Waals surface area (Å²) >= 11 is 0. The minimum Gasteiger partial charge on any atom is -0.259 e. The molecule has 15 heavy (non-hydrogen) atoms. The first kappa shape index (κ1) is 10.9. The van der Waals surface area contributed by atoms with Crippen LogP contribution >= 0.6 is 0 Å². The van der Waals surface area contributed by atoms with Crippen molar-refractivity contribution in [2.75, 3.05) is 0 Å². The molecule has 0 aromatic heterocycles. The molecule has 0 fully saturated rings. The molecule has 0 radical (unpaired) electrons. The first-order valence-electron chi connectivity index (χ1n) is 4.49. The molecule has 0 heterocycles. The molecule has 1 aromatic rings. The normalized spacial score (nSPS) is 9.60. The highest BCUT2D eigenvalue weighted by Gasteiger charge is 1.85. The van der Waals surface area contributed by atoms with Crippen molar-refractivity contribution in [3.8, 4) is 0 Å². The maximum absolute atomic E-state index is 10.1. The van der Waals surface area contributed by atoms with E-state index in [0.29, 0.717) is 0 Å². The molecule has 0 aliphatic heterocycles.